The number of ether oxygens (including phenoxy) is 2. The van der Waals surface area contributed by atoms with E-state index < -0.39 is 0 Å². The molecule has 0 saturated carbocycles. The van der Waals surface area contributed by atoms with Gasteiger partial charge in [0.1, 0.15) is 6.10 Å². The Labute approximate surface area is 121 Å². The number of hydrogen-bond donors (Lipinski definition) is 1. The fourth-order valence-electron chi connectivity index (χ4n) is 2.20. The van der Waals surface area contributed by atoms with Gasteiger partial charge in [0.15, 0.2) is 0 Å². The van der Waals surface area contributed by atoms with Crippen molar-refractivity contribution < 1.29 is 9.47 Å². The summed E-state index contributed by atoms with van der Waals surface area (Å²) in [6.07, 6.45) is 2.14. The number of hydrogen-bond acceptors (Lipinski definition) is 4. The molecule has 112 valence electrons. The van der Waals surface area contributed by atoms with Crippen LogP contribution in [0.15, 0.2) is 12.1 Å². The first kappa shape index (κ1) is 15.3. The van der Waals surface area contributed by atoms with Crippen LogP contribution in [0.25, 0.3) is 0 Å². The van der Waals surface area contributed by atoms with Crippen molar-refractivity contribution in [2.24, 2.45) is 0 Å². The SMILES string of the molecule is Cc1cc(CNC(C)(C)C)cc(OC2CCOCC2)n1. The Hall–Kier alpha value is -1.13. The zero-order valence-electron chi connectivity index (χ0n) is 13.0. The molecule has 20 heavy (non-hydrogen) atoms. The first-order chi connectivity index (χ1) is 9.42. The quantitative estimate of drug-likeness (QED) is 0.919. The van der Waals surface area contributed by atoms with Gasteiger partial charge in [-0.05, 0) is 39.3 Å². The summed E-state index contributed by atoms with van der Waals surface area (Å²) in [7, 11) is 0. The second-order valence-electron chi connectivity index (χ2n) is 6.49. The molecule has 0 unspecified atom stereocenters. The van der Waals surface area contributed by atoms with Gasteiger partial charge in [-0.15, -0.1) is 0 Å². The Bertz CT molecular complexity index is 435. The second-order valence-corrected chi connectivity index (χ2v) is 6.49. The molecular weight excluding hydrogens is 252 g/mol. The van der Waals surface area contributed by atoms with E-state index in [2.05, 4.69) is 37.1 Å². The summed E-state index contributed by atoms with van der Waals surface area (Å²) in [5.74, 6) is 0.739. The van der Waals surface area contributed by atoms with Gasteiger partial charge in [-0.25, -0.2) is 4.98 Å². The molecule has 1 aromatic heterocycles. The molecule has 0 amide bonds. The molecule has 0 aliphatic carbocycles. The zero-order valence-corrected chi connectivity index (χ0v) is 13.0. The monoisotopic (exact) mass is 278 g/mol. The molecule has 1 aromatic rings. The van der Waals surface area contributed by atoms with Crippen LogP contribution >= 0.6 is 0 Å². The highest BCUT2D eigenvalue weighted by atomic mass is 16.5. The number of nitrogens with one attached hydrogen (secondary N) is 1. The van der Waals surface area contributed by atoms with E-state index in [1.807, 2.05) is 13.0 Å². The second kappa shape index (κ2) is 6.55. The van der Waals surface area contributed by atoms with E-state index >= 15 is 0 Å². The summed E-state index contributed by atoms with van der Waals surface area (Å²) in [6, 6.07) is 4.15. The van der Waals surface area contributed by atoms with Crippen LogP contribution in [0.1, 0.15) is 44.9 Å². The lowest BCUT2D eigenvalue weighted by atomic mass is 10.1. The van der Waals surface area contributed by atoms with Crippen LogP contribution in [-0.2, 0) is 11.3 Å². The van der Waals surface area contributed by atoms with Gasteiger partial charge in [0.2, 0.25) is 5.88 Å². The Morgan fingerprint density at radius 2 is 2.00 bits per heavy atom. The predicted molar refractivity (Wildman–Crippen MR) is 80.0 cm³/mol. The van der Waals surface area contributed by atoms with E-state index in [0.29, 0.717) is 0 Å². The van der Waals surface area contributed by atoms with Gasteiger partial charge in [0.05, 0.1) is 13.2 Å². The zero-order chi connectivity index (χ0) is 14.6. The van der Waals surface area contributed by atoms with Crippen molar-refractivity contribution in [2.45, 2.75) is 58.7 Å². The molecule has 0 radical (unpaired) electrons. The van der Waals surface area contributed by atoms with E-state index in [1.54, 1.807) is 0 Å². The largest absolute Gasteiger partial charge is 0.474 e. The smallest absolute Gasteiger partial charge is 0.214 e. The van der Waals surface area contributed by atoms with E-state index in [1.165, 1.54) is 5.56 Å². The van der Waals surface area contributed by atoms with E-state index in [4.69, 9.17) is 9.47 Å². The Morgan fingerprint density at radius 1 is 1.30 bits per heavy atom. The molecule has 1 aliphatic heterocycles. The number of nitrogens with zero attached hydrogens (tertiary/aromatic N) is 1. The van der Waals surface area contributed by atoms with Crippen LogP contribution in [0.3, 0.4) is 0 Å². The first-order valence-corrected chi connectivity index (χ1v) is 7.39. The molecular formula is C16H26N2O2. The van der Waals surface area contributed by atoms with Crippen molar-refractivity contribution >= 4 is 0 Å². The third-order valence-electron chi connectivity index (χ3n) is 3.27. The van der Waals surface area contributed by atoms with Crippen molar-refractivity contribution in [1.82, 2.24) is 10.3 Å². The average Bonchev–Trinajstić information content (AvgIpc) is 2.36. The molecule has 1 N–H and O–H groups in total. The van der Waals surface area contributed by atoms with Gasteiger partial charge >= 0.3 is 0 Å². The predicted octanol–water partition coefficient (Wildman–Crippen LogP) is 2.84. The van der Waals surface area contributed by atoms with Gasteiger partial charge in [0.25, 0.3) is 0 Å². The van der Waals surface area contributed by atoms with Gasteiger partial charge in [-0.2, -0.15) is 0 Å². The standard InChI is InChI=1S/C16H26N2O2/c1-12-9-13(11-17-16(2,3)4)10-15(18-12)20-14-5-7-19-8-6-14/h9-10,14,17H,5-8,11H2,1-4H3. The van der Waals surface area contributed by atoms with Gasteiger partial charge in [-0.1, -0.05) is 0 Å². The van der Waals surface area contributed by atoms with E-state index in [-0.39, 0.29) is 11.6 Å². The summed E-state index contributed by atoms with van der Waals surface area (Å²) in [5.41, 5.74) is 2.33. The summed E-state index contributed by atoms with van der Waals surface area (Å²) in [4.78, 5) is 4.48. The molecule has 4 heteroatoms. The van der Waals surface area contributed by atoms with Gasteiger partial charge in [0, 0.05) is 36.7 Å². The van der Waals surface area contributed by atoms with E-state index in [9.17, 15) is 0 Å². The van der Waals surface area contributed by atoms with Crippen LogP contribution in [0, 0.1) is 6.92 Å². The minimum atomic E-state index is 0.110. The molecule has 2 rings (SSSR count). The molecule has 0 aromatic carbocycles. The van der Waals surface area contributed by atoms with Crippen molar-refractivity contribution in [3.05, 3.63) is 23.4 Å². The Balaban J connectivity index is 2.00. The maximum absolute atomic E-state index is 5.99. The number of aromatic nitrogens is 1. The lowest BCUT2D eigenvalue weighted by Crippen LogP contribution is -2.35. The maximum atomic E-state index is 5.99. The summed E-state index contributed by atoms with van der Waals surface area (Å²) < 4.78 is 11.3. The Morgan fingerprint density at radius 3 is 2.65 bits per heavy atom. The minimum absolute atomic E-state index is 0.110. The normalized spacial score (nSPS) is 17.2. The van der Waals surface area contributed by atoms with Crippen LogP contribution in [0.4, 0.5) is 0 Å². The number of aryl methyl sites for hydroxylation is 1. The van der Waals surface area contributed by atoms with Crippen LogP contribution < -0.4 is 10.1 Å². The maximum Gasteiger partial charge on any atom is 0.214 e. The third kappa shape index (κ3) is 5.10. The molecule has 0 bridgehead atoms. The highest BCUT2D eigenvalue weighted by Crippen LogP contribution is 2.18. The Kier molecular flexibility index (Phi) is 5.00. The van der Waals surface area contributed by atoms with E-state index in [0.717, 1.165) is 44.2 Å². The molecule has 1 fully saturated rings. The summed E-state index contributed by atoms with van der Waals surface area (Å²) in [5, 5.41) is 3.49. The molecule has 2 heterocycles. The van der Waals surface area contributed by atoms with Crippen LogP contribution in [0.5, 0.6) is 5.88 Å². The van der Waals surface area contributed by atoms with Crippen molar-refractivity contribution in [2.75, 3.05) is 13.2 Å². The molecule has 0 spiro atoms. The van der Waals surface area contributed by atoms with Crippen molar-refractivity contribution in [3.63, 3.8) is 0 Å². The summed E-state index contributed by atoms with van der Waals surface area (Å²) >= 11 is 0. The average molecular weight is 278 g/mol. The topological polar surface area (TPSA) is 43.4 Å². The molecule has 4 nitrogen and oxygen atoms in total. The van der Waals surface area contributed by atoms with Crippen molar-refractivity contribution in [3.8, 4) is 5.88 Å². The first-order valence-electron chi connectivity index (χ1n) is 7.39. The summed E-state index contributed by atoms with van der Waals surface area (Å²) in [6.45, 7) is 10.9. The molecule has 1 aliphatic rings. The highest BCUT2D eigenvalue weighted by Gasteiger charge is 2.16. The van der Waals surface area contributed by atoms with Crippen molar-refractivity contribution in [1.29, 1.82) is 0 Å². The molecule has 0 atom stereocenters. The van der Waals surface area contributed by atoms with Gasteiger partial charge < -0.3 is 14.8 Å². The lowest BCUT2D eigenvalue weighted by molar-refractivity contribution is 0.0236. The fraction of sp³-hybridized carbons (Fsp3) is 0.688. The van der Waals surface area contributed by atoms with Gasteiger partial charge in [-0.3, -0.25) is 0 Å². The molecule has 1 saturated heterocycles. The highest BCUT2D eigenvalue weighted by molar-refractivity contribution is 5.25. The third-order valence-corrected chi connectivity index (χ3v) is 3.27. The van der Waals surface area contributed by atoms with Crippen LogP contribution in [-0.4, -0.2) is 29.8 Å². The fourth-order valence-corrected chi connectivity index (χ4v) is 2.20. The lowest BCUT2D eigenvalue weighted by Gasteiger charge is -2.24. The minimum Gasteiger partial charge on any atom is -0.474 e. The number of pyridine rings is 1. The number of rotatable bonds is 4. The van der Waals surface area contributed by atoms with Crippen LogP contribution in [0.2, 0.25) is 0 Å².